The van der Waals surface area contributed by atoms with Crippen LogP contribution in [0.25, 0.3) is 0 Å². The molecule has 0 saturated heterocycles. The van der Waals surface area contributed by atoms with Crippen molar-refractivity contribution >= 4 is 0 Å². The molecular formula is C17H27NO. The monoisotopic (exact) mass is 261 g/mol. The molecule has 2 N–H and O–H groups in total. The van der Waals surface area contributed by atoms with Crippen LogP contribution >= 0.6 is 0 Å². The normalized spacial score (nSPS) is 25.0. The van der Waals surface area contributed by atoms with Crippen LogP contribution in [0.4, 0.5) is 0 Å². The third-order valence-corrected chi connectivity index (χ3v) is 4.21. The van der Waals surface area contributed by atoms with Crippen molar-refractivity contribution in [2.45, 2.75) is 64.5 Å². The van der Waals surface area contributed by atoms with Gasteiger partial charge in [0.1, 0.15) is 5.75 Å². The molecule has 1 aliphatic carbocycles. The van der Waals surface area contributed by atoms with Crippen molar-refractivity contribution in [3.8, 4) is 5.75 Å². The standard InChI is InChI=1S/C17H27NO/c1-3-15(18)12-14-6-10-17(11-7-14)19-16-8-4-13(2)5-9-16/h6-7,10-11,13,15-16H,3-5,8-9,12,18H2,1-2H3. The van der Waals surface area contributed by atoms with Gasteiger partial charge < -0.3 is 10.5 Å². The Morgan fingerprint density at radius 3 is 2.37 bits per heavy atom. The highest BCUT2D eigenvalue weighted by Crippen LogP contribution is 2.27. The Balaban J connectivity index is 1.84. The Labute approximate surface area is 117 Å². The average molecular weight is 261 g/mol. The number of ether oxygens (including phenoxy) is 1. The Morgan fingerprint density at radius 2 is 1.79 bits per heavy atom. The smallest absolute Gasteiger partial charge is 0.119 e. The fourth-order valence-corrected chi connectivity index (χ4v) is 2.69. The van der Waals surface area contributed by atoms with E-state index in [1.54, 1.807) is 0 Å². The van der Waals surface area contributed by atoms with Gasteiger partial charge in [-0.3, -0.25) is 0 Å². The van der Waals surface area contributed by atoms with Crippen LogP contribution < -0.4 is 10.5 Å². The molecule has 1 aromatic rings. The molecule has 106 valence electrons. The molecule has 0 heterocycles. The molecule has 1 saturated carbocycles. The first kappa shape index (κ1) is 14.4. The lowest BCUT2D eigenvalue weighted by Crippen LogP contribution is -2.23. The SMILES string of the molecule is CCC(N)Cc1ccc(OC2CCC(C)CC2)cc1. The van der Waals surface area contributed by atoms with E-state index in [2.05, 4.69) is 38.1 Å². The van der Waals surface area contributed by atoms with E-state index >= 15 is 0 Å². The molecule has 2 rings (SSSR count). The summed E-state index contributed by atoms with van der Waals surface area (Å²) in [5, 5.41) is 0. The lowest BCUT2D eigenvalue weighted by molar-refractivity contribution is 0.135. The van der Waals surface area contributed by atoms with E-state index in [9.17, 15) is 0 Å². The quantitative estimate of drug-likeness (QED) is 0.871. The molecule has 19 heavy (non-hydrogen) atoms. The van der Waals surface area contributed by atoms with Gasteiger partial charge in [-0.1, -0.05) is 26.0 Å². The summed E-state index contributed by atoms with van der Waals surface area (Å²) in [6, 6.07) is 8.75. The van der Waals surface area contributed by atoms with Gasteiger partial charge in [0.05, 0.1) is 6.10 Å². The largest absolute Gasteiger partial charge is 0.490 e. The third-order valence-electron chi connectivity index (χ3n) is 4.21. The summed E-state index contributed by atoms with van der Waals surface area (Å²) < 4.78 is 6.06. The highest BCUT2D eigenvalue weighted by molar-refractivity contribution is 5.28. The molecule has 0 radical (unpaired) electrons. The Morgan fingerprint density at radius 1 is 1.16 bits per heavy atom. The first-order valence-corrected chi connectivity index (χ1v) is 7.68. The number of nitrogens with two attached hydrogens (primary N) is 1. The van der Waals surface area contributed by atoms with Gasteiger partial charge >= 0.3 is 0 Å². The summed E-state index contributed by atoms with van der Waals surface area (Å²) in [6.07, 6.45) is 7.39. The highest BCUT2D eigenvalue weighted by atomic mass is 16.5. The maximum absolute atomic E-state index is 6.06. The minimum Gasteiger partial charge on any atom is -0.490 e. The van der Waals surface area contributed by atoms with Crippen LogP contribution in [0.15, 0.2) is 24.3 Å². The maximum atomic E-state index is 6.06. The van der Waals surface area contributed by atoms with Crippen molar-refractivity contribution in [1.29, 1.82) is 0 Å². The number of benzene rings is 1. The molecule has 0 bridgehead atoms. The van der Waals surface area contributed by atoms with Crippen LogP contribution in [0.3, 0.4) is 0 Å². The molecule has 1 unspecified atom stereocenters. The van der Waals surface area contributed by atoms with Crippen molar-refractivity contribution in [2.24, 2.45) is 11.7 Å². The molecule has 2 heteroatoms. The summed E-state index contributed by atoms with van der Waals surface area (Å²) in [4.78, 5) is 0. The minimum atomic E-state index is 0.270. The van der Waals surface area contributed by atoms with Crippen molar-refractivity contribution < 1.29 is 4.74 Å². The molecular weight excluding hydrogens is 234 g/mol. The zero-order valence-corrected chi connectivity index (χ0v) is 12.3. The van der Waals surface area contributed by atoms with Crippen LogP contribution in [0.5, 0.6) is 5.75 Å². The van der Waals surface area contributed by atoms with Gasteiger partial charge in [-0.2, -0.15) is 0 Å². The summed E-state index contributed by atoms with van der Waals surface area (Å²) in [7, 11) is 0. The van der Waals surface area contributed by atoms with Gasteiger partial charge in [0.15, 0.2) is 0 Å². The first-order chi connectivity index (χ1) is 9.17. The second kappa shape index (κ2) is 6.95. The van der Waals surface area contributed by atoms with Gasteiger partial charge in [-0.15, -0.1) is 0 Å². The lowest BCUT2D eigenvalue weighted by atomic mass is 9.89. The molecule has 0 amide bonds. The molecule has 0 aliphatic heterocycles. The molecule has 0 spiro atoms. The van der Waals surface area contributed by atoms with Gasteiger partial charge in [0, 0.05) is 6.04 Å². The Kier molecular flexibility index (Phi) is 5.26. The molecule has 1 aliphatic rings. The van der Waals surface area contributed by atoms with E-state index in [1.165, 1.54) is 31.2 Å². The van der Waals surface area contributed by atoms with Crippen LogP contribution in [0.2, 0.25) is 0 Å². The van der Waals surface area contributed by atoms with Crippen molar-refractivity contribution in [3.05, 3.63) is 29.8 Å². The predicted octanol–water partition coefficient (Wildman–Crippen LogP) is 3.92. The fourth-order valence-electron chi connectivity index (χ4n) is 2.69. The van der Waals surface area contributed by atoms with E-state index in [4.69, 9.17) is 10.5 Å². The van der Waals surface area contributed by atoms with E-state index in [0.29, 0.717) is 6.10 Å². The van der Waals surface area contributed by atoms with Crippen molar-refractivity contribution in [3.63, 3.8) is 0 Å². The van der Waals surface area contributed by atoms with Crippen LogP contribution in [-0.2, 0) is 6.42 Å². The lowest BCUT2D eigenvalue weighted by Gasteiger charge is -2.26. The second-order valence-electron chi connectivity index (χ2n) is 6.02. The maximum Gasteiger partial charge on any atom is 0.119 e. The van der Waals surface area contributed by atoms with Crippen molar-refractivity contribution in [1.82, 2.24) is 0 Å². The molecule has 1 atom stereocenters. The van der Waals surface area contributed by atoms with Gasteiger partial charge in [0.25, 0.3) is 0 Å². The summed E-state index contributed by atoms with van der Waals surface area (Å²) in [6.45, 7) is 4.47. The van der Waals surface area contributed by atoms with Gasteiger partial charge in [0.2, 0.25) is 0 Å². The predicted molar refractivity (Wildman–Crippen MR) is 80.5 cm³/mol. The van der Waals surface area contributed by atoms with Crippen LogP contribution in [0, 0.1) is 5.92 Å². The summed E-state index contributed by atoms with van der Waals surface area (Å²) in [5.74, 6) is 1.88. The second-order valence-corrected chi connectivity index (χ2v) is 6.02. The van der Waals surface area contributed by atoms with E-state index < -0.39 is 0 Å². The summed E-state index contributed by atoms with van der Waals surface area (Å²) in [5.41, 5.74) is 7.28. The Hall–Kier alpha value is -1.02. The first-order valence-electron chi connectivity index (χ1n) is 7.68. The van der Waals surface area contributed by atoms with Gasteiger partial charge in [-0.05, 0) is 62.1 Å². The van der Waals surface area contributed by atoms with Crippen LogP contribution in [0.1, 0.15) is 51.5 Å². The van der Waals surface area contributed by atoms with E-state index in [0.717, 1.165) is 24.5 Å². The fraction of sp³-hybridized carbons (Fsp3) is 0.647. The zero-order chi connectivity index (χ0) is 13.7. The molecule has 0 aromatic heterocycles. The molecule has 1 fully saturated rings. The van der Waals surface area contributed by atoms with Gasteiger partial charge in [-0.25, -0.2) is 0 Å². The van der Waals surface area contributed by atoms with Crippen LogP contribution in [-0.4, -0.2) is 12.1 Å². The van der Waals surface area contributed by atoms with Crippen molar-refractivity contribution in [2.75, 3.05) is 0 Å². The van der Waals surface area contributed by atoms with E-state index in [-0.39, 0.29) is 6.04 Å². The molecule has 2 nitrogen and oxygen atoms in total. The van der Waals surface area contributed by atoms with E-state index in [1.807, 2.05) is 0 Å². The number of hydrogen-bond donors (Lipinski definition) is 1. The zero-order valence-electron chi connectivity index (χ0n) is 12.3. The topological polar surface area (TPSA) is 35.2 Å². The summed E-state index contributed by atoms with van der Waals surface area (Å²) >= 11 is 0. The number of rotatable bonds is 5. The third kappa shape index (κ3) is 4.54. The molecule has 1 aromatic carbocycles. The highest BCUT2D eigenvalue weighted by Gasteiger charge is 2.19. The Bertz CT molecular complexity index is 365. The number of hydrogen-bond acceptors (Lipinski definition) is 2. The average Bonchev–Trinajstić information content (AvgIpc) is 2.43. The minimum absolute atomic E-state index is 0.270.